The van der Waals surface area contributed by atoms with E-state index in [-0.39, 0.29) is 12.5 Å². The molecule has 1 aromatic rings. The fourth-order valence-electron chi connectivity index (χ4n) is 2.63. The first-order chi connectivity index (χ1) is 10.6. The summed E-state index contributed by atoms with van der Waals surface area (Å²) in [6.45, 7) is 3.54. The molecule has 1 saturated heterocycles. The Bertz CT molecular complexity index is 529. The van der Waals surface area contributed by atoms with E-state index in [4.69, 9.17) is 9.84 Å². The van der Waals surface area contributed by atoms with Gasteiger partial charge in [-0.15, -0.1) is 0 Å². The van der Waals surface area contributed by atoms with Crippen molar-refractivity contribution in [2.75, 3.05) is 19.7 Å². The van der Waals surface area contributed by atoms with Crippen LogP contribution in [0.3, 0.4) is 0 Å². The Labute approximate surface area is 130 Å². The predicted octanol–water partition coefficient (Wildman–Crippen LogP) is 2.80. The molecular formula is C17H23NO4. The van der Waals surface area contributed by atoms with Crippen molar-refractivity contribution in [2.24, 2.45) is 5.92 Å². The average molecular weight is 305 g/mol. The normalized spacial score (nSPS) is 18.0. The number of aliphatic carboxylic acids is 1. The van der Waals surface area contributed by atoms with Crippen molar-refractivity contribution >= 4 is 11.9 Å². The van der Waals surface area contributed by atoms with Gasteiger partial charge in [-0.2, -0.15) is 0 Å². The first-order valence-corrected chi connectivity index (χ1v) is 7.87. The van der Waals surface area contributed by atoms with Gasteiger partial charge >= 0.3 is 5.97 Å². The molecule has 0 radical (unpaired) electrons. The number of unbranched alkanes of at least 4 members (excludes halogenated alkanes) is 1. The topological polar surface area (TPSA) is 66.8 Å². The molecule has 1 fully saturated rings. The van der Waals surface area contributed by atoms with E-state index in [1.807, 2.05) is 6.07 Å². The lowest BCUT2D eigenvalue weighted by Crippen LogP contribution is -2.42. The number of rotatable bonds is 6. The molecular weight excluding hydrogens is 282 g/mol. The highest BCUT2D eigenvalue weighted by Crippen LogP contribution is 2.24. The second-order valence-electron chi connectivity index (χ2n) is 5.63. The summed E-state index contributed by atoms with van der Waals surface area (Å²) in [5, 5.41) is 9.14. The zero-order valence-corrected chi connectivity index (χ0v) is 13.0. The molecule has 0 spiro atoms. The largest absolute Gasteiger partial charge is 0.493 e. The van der Waals surface area contributed by atoms with Gasteiger partial charge in [-0.05, 0) is 31.4 Å². The summed E-state index contributed by atoms with van der Waals surface area (Å²) in [6.07, 6.45) is 3.32. The number of carboxylic acids is 1. The third kappa shape index (κ3) is 4.00. The molecule has 5 nitrogen and oxygen atoms in total. The van der Waals surface area contributed by atoms with Gasteiger partial charge < -0.3 is 14.7 Å². The Balaban J connectivity index is 2.10. The number of benzene rings is 1. The molecule has 1 aromatic carbocycles. The zero-order valence-electron chi connectivity index (χ0n) is 13.0. The van der Waals surface area contributed by atoms with Crippen molar-refractivity contribution in [3.8, 4) is 5.75 Å². The van der Waals surface area contributed by atoms with Crippen molar-refractivity contribution in [1.29, 1.82) is 0 Å². The molecule has 22 heavy (non-hydrogen) atoms. The molecule has 120 valence electrons. The summed E-state index contributed by atoms with van der Waals surface area (Å²) in [5.74, 6) is -0.854. The van der Waals surface area contributed by atoms with E-state index >= 15 is 0 Å². The summed E-state index contributed by atoms with van der Waals surface area (Å²) < 4.78 is 5.70. The van der Waals surface area contributed by atoms with Crippen LogP contribution in [0.4, 0.5) is 0 Å². The van der Waals surface area contributed by atoms with Crippen LogP contribution in [0.25, 0.3) is 0 Å². The maximum absolute atomic E-state index is 12.7. The van der Waals surface area contributed by atoms with Gasteiger partial charge in [-0.25, -0.2) is 0 Å². The van der Waals surface area contributed by atoms with Gasteiger partial charge in [0.1, 0.15) is 5.75 Å². The minimum Gasteiger partial charge on any atom is -0.493 e. The standard InChI is InChI=1S/C17H23NO4/c1-2-3-11-22-15-9-5-4-8-14(15)16(19)18-10-6-7-13(12-18)17(20)21/h4-5,8-9,13H,2-3,6-7,10-12H2,1H3,(H,20,21). The van der Waals surface area contributed by atoms with Crippen LogP contribution >= 0.6 is 0 Å². The summed E-state index contributed by atoms with van der Waals surface area (Å²) in [6, 6.07) is 7.18. The van der Waals surface area contributed by atoms with E-state index in [0.717, 1.165) is 19.3 Å². The fraction of sp³-hybridized carbons (Fsp3) is 0.529. The van der Waals surface area contributed by atoms with Crippen LogP contribution in [0.15, 0.2) is 24.3 Å². The maximum Gasteiger partial charge on any atom is 0.308 e. The van der Waals surface area contributed by atoms with E-state index < -0.39 is 11.9 Å². The van der Waals surface area contributed by atoms with Crippen LogP contribution in [0.5, 0.6) is 5.75 Å². The molecule has 0 bridgehead atoms. The highest BCUT2D eigenvalue weighted by Gasteiger charge is 2.29. The Morgan fingerprint density at radius 3 is 2.86 bits per heavy atom. The van der Waals surface area contributed by atoms with Crippen LogP contribution in [0.2, 0.25) is 0 Å². The molecule has 0 saturated carbocycles. The number of ether oxygens (including phenoxy) is 1. The van der Waals surface area contributed by atoms with E-state index in [0.29, 0.717) is 30.9 Å². The number of amides is 1. The number of carboxylic acid groups (broad SMARTS) is 1. The van der Waals surface area contributed by atoms with Gasteiger partial charge in [0.15, 0.2) is 0 Å². The third-order valence-electron chi connectivity index (χ3n) is 3.93. The number of piperidine rings is 1. The number of hydrogen-bond acceptors (Lipinski definition) is 3. The van der Waals surface area contributed by atoms with Crippen molar-refractivity contribution in [3.63, 3.8) is 0 Å². The zero-order chi connectivity index (χ0) is 15.9. The van der Waals surface area contributed by atoms with Gasteiger partial charge in [0.25, 0.3) is 5.91 Å². The first kappa shape index (κ1) is 16.3. The first-order valence-electron chi connectivity index (χ1n) is 7.87. The lowest BCUT2D eigenvalue weighted by Gasteiger charge is -2.31. The minimum atomic E-state index is -0.829. The SMILES string of the molecule is CCCCOc1ccccc1C(=O)N1CCCC(C(=O)O)C1. The predicted molar refractivity (Wildman–Crippen MR) is 83.1 cm³/mol. The van der Waals surface area contributed by atoms with Crippen LogP contribution in [-0.2, 0) is 4.79 Å². The Kier molecular flexibility index (Phi) is 5.81. The van der Waals surface area contributed by atoms with Gasteiger partial charge in [0, 0.05) is 13.1 Å². The second kappa shape index (κ2) is 7.82. The molecule has 1 heterocycles. The third-order valence-corrected chi connectivity index (χ3v) is 3.93. The molecule has 1 unspecified atom stereocenters. The van der Waals surface area contributed by atoms with Gasteiger partial charge in [0.2, 0.25) is 0 Å². The second-order valence-corrected chi connectivity index (χ2v) is 5.63. The smallest absolute Gasteiger partial charge is 0.308 e. The molecule has 0 aromatic heterocycles. The van der Waals surface area contributed by atoms with Crippen LogP contribution < -0.4 is 4.74 Å². The fourth-order valence-corrected chi connectivity index (χ4v) is 2.63. The minimum absolute atomic E-state index is 0.141. The highest BCUT2D eigenvalue weighted by atomic mass is 16.5. The highest BCUT2D eigenvalue weighted by molar-refractivity contribution is 5.97. The van der Waals surface area contributed by atoms with E-state index in [9.17, 15) is 9.59 Å². The van der Waals surface area contributed by atoms with Crippen molar-refractivity contribution in [3.05, 3.63) is 29.8 Å². The molecule has 1 N–H and O–H groups in total. The lowest BCUT2D eigenvalue weighted by atomic mass is 9.97. The monoisotopic (exact) mass is 305 g/mol. The number of hydrogen-bond donors (Lipinski definition) is 1. The van der Waals surface area contributed by atoms with Gasteiger partial charge in [0.05, 0.1) is 18.1 Å². The number of nitrogens with zero attached hydrogens (tertiary/aromatic N) is 1. The molecule has 0 aliphatic carbocycles. The van der Waals surface area contributed by atoms with E-state index in [2.05, 4.69) is 6.92 Å². The van der Waals surface area contributed by atoms with Crippen molar-refractivity contribution in [1.82, 2.24) is 4.90 Å². The number of likely N-dealkylation sites (tertiary alicyclic amines) is 1. The molecule has 1 amide bonds. The Hall–Kier alpha value is -2.04. The molecule has 1 atom stereocenters. The quantitative estimate of drug-likeness (QED) is 0.821. The summed E-state index contributed by atoms with van der Waals surface area (Å²) in [5.41, 5.74) is 0.518. The van der Waals surface area contributed by atoms with Crippen LogP contribution in [-0.4, -0.2) is 41.6 Å². The number of carbonyl (C=O) groups excluding carboxylic acids is 1. The number of carbonyl (C=O) groups is 2. The average Bonchev–Trinajstić information content (AvgIpc) is 2.55. The van der Waals surface area contributed by atoms with Gasteiger partial charge in [-0.1, -0.05) is 25.5 Å². The van der Waals surface area contributed by atoms with E-state index in [1.54, 1.807) is 23.1 Å². The molecule has 1 aliphatic rings. The van der Waals surface area contributed by atoms with Crippen molar-refractivity contribution in [2.45, 2.75) is 32.6 Å². The molecule has 2 rings (SSSR count). The van der Waals surface area contributed by atoms with E-state index in [1.165, 1.54) is 0 Å². The summed E-state index contributed by atoms with van der Waals surface area (Å²) >= 11 is 0. The number of para-hydroxylation sites is 1. The molecule has 1 aliphatic heterocycles. The van der Waals surface area contributed by atoms with Gasteiger partial charge in [-0.3, -0.25) is 9.59 Å². The van der Waals surface area contributed by atoms with Crippen molar-refractivity contribution < 1.29 is 19.4 Å². The Morgan fingerprint density at radius 1 is 1.36 bits per heavy atom. The van der Waals surface area contributed by atoms with Crippen LogP contribution in [0.1, 0.15) is 43.0 Å². The molecule has 5 heteroatoms. The summed E-state index contributed by atoms with van der Waals surface area (Å²) in [7, 11) is 0. The maximum atomic E-state index is 12.7. The van der Waals surface area contributed by atoms with Crippen LogP contribution in [0, 0.1) is 5.92 Å². The Morgan fingerprint density at radius 2 is 2.14 bits per heavy atom. The summed E-state index contributed by atoms with van der Waals surface area (Å²) in [4.78, 5) is 25.4. The lowest BCUT2D eigenvalue weighted by molar-refractivity contribution is -0.143.